The van der Waals surface area contributed by atoms with Gasteiger partial charge >= 0.3 is 0 Å². The summed E-state index contributed by atoms with van der Waals surface area (Å²) >= 11 is 0. The Labute approximate surface area is 190 Å². The van der Waals surface area contributed by atoms with Crippen LogP contribution in [0.5, 0.6) is 17.2 Å². The Bertz CT molecular complexity index is 1500. The number of ketones is 1. The SMILES string of the molecule is CN(C)CCOc1ccc(C(=O)c2cc3oc4cc(O)ccc4c3c3ccc(O)cc23)cc1. The lowest BCUT2D eigenvalue weighted by atomic mass is 9.94. The molecule has 0 aliphatic carbocycles. The Morgan fingerprint density at radius 2 is 1.55 bits per heavy atom. The molecular formula is C27H23NO5. The molecule has 0 amide bonds. The van der Waals surface area contributed by atoms with E-state index in [0.29, 0.717) is 40.0 Å². The van der Waals surface area contributed by atoms with Crippen LogP contribution in [-0.4, -0.2) is 48.1 Å². The molecule has 0 bridgehead atoms. The number of aromatic hydroxyl groups is 2. The molecule has 6 nitrogen and oxygen atoms in total. The molecular weight excluding hydrogens is 418 g/mol. The van der Waals surface area contributed by atoms with Gasteiger partial charge in [-0.15, -0.1) is 0 Å². The lowest BCUT2D eigenvalue weighted by Crippen LogP contribution is -2.19. The molecule has 2 N–H and O–H groups in total. The van der Waals surface area contributed by atoms with Crippen LogP contribution in [0.25, 0.3) is 32.7 Å². The highest BCUT2D eigenvalue weighted by atomic mass is 16.5. The minimum absolute atomic E-state index is 0.0750. The monoisotopic (exact) mass is 441 g/mol. The molecule has 1 heterocycles. The van der Waals surface area contributed by atoms with E-state index in [1.54, 1.807) is 66.7 Å². The van der Waals surface area contributed by atoms with Crippen LogP contribution in [-0.2, 0) is 0 Å². The number of nitrogens with zero attached hydrogens (tertiary/aromatic N) is 1. The van der Waals surface area contributed by atoms with E-state index in [2.05, 4.69) is 0 Å². The van der Waals surface area contributed by atoms with E-state index in [-0.39, 0.29) is 17.3 Å². The highest BCUT2D eigenvalue weighted by molar-refractivity contribution is 6.26. The molecule has 0 saturated heterocycles. The summed E-state index contributed by atoms with van der Waals surface area (Å²) in [4.78, 5) is 15.5. The number of hydrogen-bond donors (Lipinski definition) is 2. The number of furan rings is 1. The van der Waals surface area contributed by atoms with Gasteiger partial charge in [0.2, 0.25) is 0 Å². The van der Waals surface area contributed by atoms with Crippen molar-refractivity contribution in [3.8, 4) is 17.2 Å². The Morgan fingerprint density at radius 3 is 2.27 bits per heavy atom. The number of hydrogen-bond acceptors (Lipinski definition) is 6. The highest BCUT2D eigenvalue weighted by Gasteiger charge is 2.19. The van der Waals surface area contributed by atoms with Gasteiger partial charge in [-0.3, -0.25) is 4.79 Å². The average Bonchev–Trinajstić information content (AvgIpc) is 3.15. The fourth-order valence-corrected chi connectivity index (χ4v) is 4.06. The van der Waals surface area contributed by atoms with Crippen LogP contribution in [0.1, 0.15) is 15.9 Å². The molecule has 1 aromatic heterocycles. The van der Waals surface area contributed by atoms with Gasteiger partial charge in [0, 0.05) is 34.5 Å². The smallest absolute Gasteiger partial charge is 0.193 e. The summed E-state index contributed by atoms with van der Waals surface area (Å²) in [7, 11) is 3.96. The Balaban J connectivity index is 1.60. The van der Waals surface area contributed by atoms with Crippen LogP contribution in [0.3, 0.4) is 0 Å². The maximum absolute atomic E-state index is 13.5. The van der Waals surface area contributed by atoms with Crippen molar-refractivity contribution < 1.29 is 24.2 Å². The molecule has 0 aliphatic rings. The minimum atomic E-state index is -0.185. The molecule has 0 unspecified atom stereocenters. The summed E-state index contributed by atoms with van der Waals surface area (Å²) < 4.78 is 11.7. The molecule has 5 aromatic rings. The Hall–Kier alpha value is -4.03. The van der Waals surface area contributed by atoms with Crippen molar-refractivity contribution in [2.24, 2.45) is 0 Å². The first-order chi connectivity index (χ1) is 15.9. The molecule has 33 heavy (non-hydrogen) atoms. The molecule has 0 aliphatic heterocycles. The maximum atomic E-state index is 13.5. The van der Waals surface area contributed by atoms with Crippen LogP contribution in [0, 0.1) is 0 Å². The first-order valence-electron chi connectivity index (χ1n) is 10.6. The second-order valence-electron chi connectivity index (χ2n) is 8.31. The predicted molar refractivity (Wildman–Crippen MR) is 128 cm³/mol. The van der Waals surface area contributed by atoms with Crippen molar-refractivity contribution in [3.05, 3.63) is 77.9 Å². The van der Waals surface area contributed by atoms with Crippen LogP contribution in [0.2, 0.25) is 0 Å². The predicted octanol–water partition coefficient (Wildman–Crippen LogP) is 5.32. The zero-order valence-electron chi connectivity index (χ0n) is 18.3. The van der Waals surface area contributed by atoms with E-state index >= 15 is 0 Å². The fraction of sp³-hybridized carbons (Fsp3) is 0.148. The molecule has 0 spiro atoms. The lowest BCUT2D eigenvalue weighted by molar-refractivity contribution is 0.104. The Morgan fingerprint density at radius 1 is 0.848 bits per heavy atom. The van der Waals surface area contributed by atoms with Gasteiger partial charge < -0.3 is 24.3 Å². The first-order valence-corrected chi connectivity index (χ1v) is 10.6. The van der Waals surface area contributed by atoms with Crippen LogP contribution >= 0.6 is 0 Å². The number of phenolic OH excluding ortho intramolecular Hbond substituents is 2. The molecule has 0 saturated carbocycles. The standard InChI is InChI=1S/C27H23NO5/c1-28(2)11-12-32-19-7-3-16(4-8-19)27(31)23-15-25-26(20-9-5-17(29)13-22(20)23)21-10-6-18(30)14-24(21)33-25/h3-10,13-15,29-30H,11-12H2,1-2H3. The lowest BCUT2D eigenvalue weighted by Gasteiger charge is -2.11. The van der Waals surface area contributed by atoms with Gasteiger partial charge in [0.05, 0.1) is 0 Å². The summed E-state index contributed by atoms with van der Waals surface area (Å²) in [5.41, 5.74) is 2.01. The molecule has 0 atom stereocenters. The molecule has 166 valence electrons. The average molecular weight is 441 g/mol. The van der Waals surface area contributed by atoms with Crippen LogP contribution in [0.15, 0.2) is 71.1 Å². The maximum Gasteiger partial charge on any atom is 0.193 e. The van der Waals surface area contributed by atoms with E-state index in [1.165, 1.54) is 0 Å². The van der Waals surface area contributed by atoms with Gasteiger partial charge in [-0.1, -0.05) is 0 Å². The van der Waals surface area contributed by atoms with Crippen molar-refractivity contribution in [1.82, 2.24) is 4.90 Å². The number of fused-ring (bicyclic) bond motifs is 5. The summed E-state index contributed by atoms with van der Waals surface area (Å²) in [5.74, 6) is 0.692. The highest BCUT2D eigenvalue weighted by Crippen LogP contribution is 2.39. The molecule has 0 fully saturated rings. The van der Waals surface area contributed by atoms with Crippen LogP contribution < -0.4 is 4.74 Å². The fourth-order valence-electron chi connectivity index (χ4n) is 4.06. The van der Waals surface area contributed by atoms with Crippen molar-refractivity contribution in [1.29, 1.82) is 0 Å². The topological polar surface area (TPSA) is 83.1 Å². The van der Waals surface area contributed by atoms with Crippen molar-refractivity contribution >= 4 is 38.5 Å². The molecule has 0 radical (unpaired) electrons. The van der Waals surface area contributed by atoms with E-state index in [4.69, 9.17) is 9.15 Å². The summed E-state index contributed by atoms with van der Waals surface area (Å²) in [6.07, 6.45) is 0. The Kier molecular flexibility index (Phi) is 5.15. The van der Waals surface area contributed by atoms with E-state index in [0.717, 1.165) is 22.7 Å². The van der Waals surface area contributed by atoms with E-state index in [1.807, 2.05) is 19.0 Å². The van der Waals surface area contributed by atoms with Crippen LogP contribution in [0.4, 0.5) is 0 Å². The third kappa shape index (κ3) is 3.85. The second-order valence-corrected chi connectivity index (χ2v) is 8.31. The summed E-state index contributed by atoms with van der Waals surface area (Å²) in [6, 6.07) is 18.7. The number of phenols is 2. The van der Waals surface area contributed by atoms with Gasteiger partial charge in [-0.25, -0.2) is 0 Å². The van der Waals surface area contributed by atoms with Gasteiger partial charge in [0.25, 0.3) is 0 Å². The van der Waals surface area contributed by atoms with Gasteiger partial charge in [0.15, 0.2) is 5.78 Å². The number of carbonyl (C=O) groups excluding carboxylic acids is 1. The number of rotatable bonds is 6. The normalized spacial score (nSPS) is 11.6. The zero-order chi connectivity index (χ0) is 23.1. The first kappa shape index (κ1) is 20.8. The summed E-state index contributed by atoms with van der Waals surface area (Å²) in [6.45, 7) is 1.36. The largest absolute Gasteiger partial charge is 0.508 e. The van der Waals surface area contributed by atoms with E-state index < -0.39 is 0 Å². The van der Waals surface area contributed by atoms with Crippen molar-refractivity contribution in [2.75, 3.05) is 27.2 Å². The van der Waals surface area contributed by atoms with Gasteiger partial charge in [-0.2, -0.15) is 0 Å². The summed E-state index contributed by atoms with van der Waals surface area (Å²) in [5, 5.41) is 23.1. The molecule has 6 heteroatoms. The van der Waals surface area contributed by atoms with Crippen molar-refractivity contribution in [2.45, 2.75) is 0 Å². The zero-order valence-corrected chi connectivity index (χ0v) is 18.3. The van der Waals surface area contributed by atoms with Crippen molar-refractivity contribution in [3.63, 3.8) is 0 Å². The van der Waals surface area contributed by atoms with Gasteiger partial charge in [0.1, 0.15) is 35.0 Å². The van der Waals surface area contributed by atoms with Gasteiger partial charge in [-0.05, 0) is 85.5 Å². The number of carbonyl (C=O) groups is 1. The number of likely N-dealkylation sites (N-methyl/N-ethyl adjacent to an activating group) is 1. The quantitative estimate of drug-likeness (QED) is 0.347. The third-order valence-corrected chi connectivity index (χ3v) is 5.71. The third-order valence-electron chi connectivity index (χ3n) is 5.71. The number of ether oxygens (including phenoxy) is 1. The van der Waals surface area contributed by atoms with E-state index in [9.17, 15) is 15.0 Å². The molecule has 4 aromatic carbocycles. The number of benzene rings is 4. The molecule has 5 rings (SSSR count). The minimum Gasteiger partial charge on any atom is -0.508 e. The second kappa shape index (κ2) is 8.15.